The van der Waals surface area contributed by atoms with Crippen LogP contribution >= 0.6 is 45.2 Å². The van der Waals surface area contributed by atoms with Crippen LogP contribution in [0.4, 0.5) is 0 Å². The molecule has 1 aromatic heterocycles. The van der Waals surface area contributed by atoms with Gasteiger partial charge in [0.15, 0.2) is 0 Å². The highest BCUT2D eigenvalue weighted by Crippen LogP contribution is 2.23. The maximum atomic E-state index is 4.52. The summed E-state index contributed by atoms with van der Waals surface area (Å²) >= 11 is 4.61. The van der Waals surface area contributed by atoms with Crippen molar-refractivity contribution >= 4 is 56.1 Å². The van der Waals surface area contributed by atoms with Crippen LogP contribution in [-0.4, -0.2) is 4.98 Å². The molecule has 0 unspecified atom stereocenters. The second kappa shape index (κ2) is 3.68. The predicted molar refractivity (Wildman–Crippen MR) is 71.9 cm³/mol. The van der Waals surface area contributed by atoms with Gasteiger partial charge < -0.3 is 0 Å². The topological polar surface area (TPSA) is 12.9 Å². The molecule has 0 saturated carbocycles. The number of aromatic nitrogens is 1. The standard InChI is InChI=1S/C10H7I2N/c1-6-3-2-4-7-8(11)5-9(12)13-10(6)7/h2-5H,1H3. The van der Waals surface area contributed by atoms with Crippen LogP contribution in [0.2, 0.25) is 0 Å². The van der Waals surface area contributed by atoms with Gasteiger partial charge in [0.2, 0.25) is 0 Å². The molecule has 1 aromatic carbocycles. The van der Waals surface area contributed by atoms with E-state index in [1.54, 1.807) is 0 Å². The van der Waals surface area contributed by atoms with E-state index < -0.39 is 0 Å². The van der Waals surface area contributed by atoms with E-state index in [0.29, 0.717) is 0 Å². The number of aryl methyl sites for hydroxylation is 1. The van der Waals surface area contributed by atoms with Crippen LogP contribution < -0.4 is 0 Å². The van der Waals surface area contributed by atoms with Crippen LogP contribution in [-0.2, 0) is 0 Å². The van der Waals surface area contributed by atoms with E-state index in [2.05, 4.69) is 81.4 Å². The Morgan fingerprint density at radius 2 is 2.00 bits per heavy atom. The Kier molecular flexibility index (Phi) is 2.73. The largest absolute Gasteiger partial charge is 0.242 e. The molecule has 0 amide bonds. The van der Waals surface area contributed by atoms with Crippen LogP contribution in [0.15, 0.2) is 24.3 Å². The van der Waals surface area contributed by atoms with Crippen LogP contribution in [0.1, 0.15) is 5.56 Å². The van der Waals surface area contributed by atoms with Crippen molar-refractivity contribution in [2.45, 2.75) is 6.92 Å². The van der Waals surface area contributed by atoms with E-state index in [4.69, 9.17) is 0 Å². The molecule has 1 heterocycles. The van der Waals surface area contributed by atoms with Crippen molar-refractivity contribution in [3.63, 3.8) is 0 Å². The number of rotatable bonds is 0. The molecule has 0 atom stereocenters. The van der Waals surface area contributed by atoms with E-state index in [-0.39, 0.29) is 0 Å². The van der Waals surface area contributed by atoms with E-state index in [9.17, 15) is 0 Å². The smallest absolute Gasteiger partial charge is 0.103 e. The number of hydrogen-bond acceptors (Lipinski definition) is 1. The summed E-state index contributed by atoms with van der Waals surface area (Å²) in [6, 6.07) is 8.39. The van der Waals surface area contributed by atoms with E-state index in [0.717, 1.165) is 9.22 Å². The minimum Gasteiger partial charge on any atom is -0.242 e. The van der Waals surface area contributed by atoms with Crippen LogP contribution in [0.25, 0.3) is 10.9 Å². The van der Waals surface area contributed by atoms with Crippen molar-refractivity contribution in [2.24, 2.45) is 0 Å². The van der Waals surface area contributed by atoms with Gasteiger partial charge in [-0.05, 0) is 63.7 Å². The third kappa shape index (κ3) is 1.81. The van der Waals surface area contributed by atoms with Crippen molar-refractivity contribution in [1.29, 1.82) is 0 Å². The minimum absolute atomic E-state index is 1.06. The van der Waals surface area contributed by atoms with E-state index in [1.165, 1.54) is 14.5 Å². The van der Waals surface area contributed by atoms with Gasteiger partial charge in [-0.1, -0.05) is 18.2 Å². The van der Waals surface area contributed by atoms with Crippen molar-refractivity contribution in [3.05, 3.63) is 37.1 Å². The summed E-state index contributed by atoms with van der Waals surface area (Å²) in [5.41, 5.74) is 2.37. The Morgan fingerprint density at radius 3 is 2.77 bits per heavy atom. The first-order valence-corrected chi connectivity index (χ1v) is 6.05. The first kappa shape index (κ1) is 9.64. The summed E-state index contributed by atoms with van der Waals surface area (Å²) < 4.78 is 2.33. The number of hydrogen-bond donors (Lipinski definition) is 0. The van der Waals surface area contributed by atoms with Gasteiger partial charge in [0, 0.05) is 8.96 Å². The van der Waals surface area contributed by atoms with Gasteiger partial charge in [0.05, 0.1) is 5.52 Å². The lowest BCUT2D eigenvalue weighted by Gasteiger charge is -2.03. The molecule has 0 N–H and O–H groups in total. The zero-order chi connectivity index (χ0) is 9.42. The summed E-state index contributed by atoms with van der Waals surface area (Å²) in [6.07, 6.45) is 0. The predicted octanol–water partition coefficient (Wildman–Crippen LogP) is 3.75. The lowest BCUT2D eigenvalue weighted by Crippen LogP contribution is -1.89. The Hall–Kier alpha value is 0.0900. The maximum absolute atomic E-state index is 4.52. The Morgan fingerprint density at radius 1 is 1.23 bits per heavy atom. The van der Waals surface area contributed by atoms with E-state index in [1.807, 2.05) is 0 Å². The third-order valence-electron chi connectivity index (χ3n) is 1.96. The Labute approximate surface area is 104 Å². The first-order valence-electron chi connectivity index (χ1n) is 3.90. The quantitative estimate of drug-likeness (QED) is 0.490. The summed E-state index contributed by atoms with van der Waals surface area (Å²) in [4.78, 5) is 4.52. The fourth-order valence-corrected chi connectivity index (χ4v) is 3.20. The fraction of sp³-hybridized carbons (Fsp3) is 0.100. The summed E-state index contributed by atoms with van der Waals surface area (Å²) in [5.74, 6) is 0. The highest BCUT2D eigenvalue weighted by atomic mass is 127. The summed E-state index contributed by atoms with van der Waals surface area (Å²) in [5, 5.41) is 1.25. The first-order chi connectivity index (χ1) is 6.18. The molecule has 0 aliphatic carbocycles. The number of halogens is 2. The second-order valence-corrected chi connectivity index (χ2v) is 5.17. The van der Waals surface area contributed by atoms with Gasteiger partial charge in [-0.2, -0.15) is 0 Å². The minimum atomic E-state index is 1.06. The number of fused-ring (bicyclic) bond motifs is 1. The number of nitrogens with zero attached hydrogens (tertiary/aromatic N) is 1. The molecule has 0 spiro atoms. The normalized spacial score (nSPS) is 10.7. The zero-order valence-corrected chi connectivity index (χ0v) is 11.3. The van der Waals surface area contributed by atoms with Crippen LogP contribution in [0, 0.1) is 14.2 Å². The van der Waals surface area contributed by atoms with Crippen molar-refractivity contribution < 1.29 is 0 Å². The number of pyridine rings is 1. The van der Waals surface area contributed by atoms with Crippen LogP contribution in [0.3, 0.4) is 0 Å². The third-order valence-corrected chi connectivity index (χ3v) is 3.40. The van der Waals surface area contributed by atoms with Crippen molar-refractivity contribution in [1.82, 2.24) is 4.98 Å². The highest BCUT2D eigenvalue weighted by molar-refractivity contribution is 14.1. The average molecular weight is 395 g/mol. The molecule has 0 saturated heterocycles. The molecule has 0 aliphatic rings. The van der Waals surface area contributed by atoms with Gasteiger partial charge in [-0.3, -0.25) is 0 Å². The molecule has 3 heteroatoms. The van der Waals surface area contributed by atoms with Gasteiger partial charge in [-0.25, -0.2) is 4.98 Å². The van der Waals surface area contributed by atoms with Gasteiger partial charge in [0.1, 0.15) is 3.70 Å². The molecule has 2 aromatic rings. The monoisotopic (exact) mass is 395 g/mol. The number of benzene rings is 1. The SMILES string of the molecule is Cc1cccc2c(I)cc(I)nc12. The van der Waals surface area contributed by atoms with Crippen LogP contribution in [0.5, 0.6) is 0 Å². The second-order valence-electron chi connectivity index (χ2n) is 2.90. The van der Waals surface area contributed by atoms with Gasteiger partial charge in [-0.15, -0.1) is 0 Å². The van der Waals surface area contributed by atoms with E-state index >= 15 is 0 Å². The Bertz CT molecular complexity index is 466. The maximum Gasteiger partial charge on any atom is 0.103 e. The lowest BCUT2D eigenvalue weighted by molar-refractivity contribution is 1.31. The molecular weight excluding hydrogens is 388 g/mol. The van der Waals surface area contributed by atoms with Crippen molar-refractivity contribution in [3.8, 4) is 0 Å². The molecule has 66 valence electrons. The van der Waals surface area contributed by atoms with Crippen molar-refractivity contribution in [2.75, 3.05) is 0 Å². The molecular formula is C10H7I2N. The molecule has 0 fully saturated rings. The molecule has 2 rings (SSSR count). The molecule has 0 bridgehead atoms. The zero-order valence-electron chi connectivity index (χ0n) is 7.01. The highest BCUT2D eigenvalue weighted by Gasteiger charge is 2.03. The molecule has 0 radical (unpaired) electrons. The lowest BCUT2D eigenvalue weighted by atomic mass is 10.1. The molecule has 13 heavy (non-hydrogen) atoms. The average Bonchev–Trinajstić information content (AvgIpc) is 2.07. The van der Waals surface area contributed by atoms with Gasteiger partial charge in [0.25, 0.3) is 0 Å². The van der Waals surface area contributed by atoms with Gasteiger partial charge >= 0.3 is 0 Å². The fourth-order valence-electron chi connectivity index (χ4n) is 1.32. The summed E-state index contributed by atoms with van der Waals surface area (Å²) in [7, 11) is 0. The molecule has 1 nitrogen and oxygen atoms in total. The molecule has 0 aliphatic heterocycles. The Balaban J connectivity index is 2.94. The summed E-state index contributed by atoms with van der Waals surface area (Å²) in [6.45, 7) is 2.10. The number of para-hydroxylation sites is 1.